The van der Waals surface area contributed by atoms with Crippen LogP contribution in [0.15, 0.2) is 24.3 Å². The zero-order valence-corrected chi connectivity index (χ0v) is 16.4. The maximum atomic E-state index is 13.3. The summed E-state index contributed by atoms with van der Waals surface area (Å²) in [7, 11) is 1.57. The van der Waals surface area contributed by atoms with E-state index in [1.165, 1.54) is 17.7 Å². The number of carbonyl (C=O) groups excluding carboxylic acids is 3. The molecule has 1 saturated heterocycles. The fraction of sp³-hybridized carbons (Fsp3) is 0.591. The molecule has 1 aliphatic heterocycles. The second-order valence-corrected chi connectivity index (χ2v) is 8.15. The zero-order valence-electron chi connectivity index (χ0n) is 16.4. The number of nitrogens with zero attached hydrogens (tertiary/aromatic N) is 2. The van der Waals surface area contributed by atoms with Gasteiger partial charge in [-0.3, -0.25) is 14.4 Å². The van der Waals surface area contributed by atoms with E-state index >= 15 is 0 Å². The first-order chi connectivity index (χ1) is 13.6. The Morgan fingerprint density at radius 1 is 1.00 bits per heavy atom. The van der Waals surface area contributed by atoms with Crippen molar-refractivity contribution in [1.82, 2.24) is 4.90 Å². The van der Waals surface area contributed by atoms with Crippen molar-refractivity contribution in [2.45, 2.75) is 69.9 Å². The summed E-state index contributed by atoms with van der Waals surface area (Å²) < 4.78 is 5.16. The van der Waals surface area contributed by atoms with Crippen molar-refractivity contribution >= 4 is 23.4 Å². The van der Waals surface area contributed by atoms with Gasteiger partial charge in [-0.25, -0.2) is 4.90 Å². The summed E-state index contributed by atoms with van der Waals surface area (Å²) in [5, 5.41) is 0. The molecule has 1 aromatic carbocycles. The summed E-state index contributed by atoms with van der Waals surface area (Å²) in [6.45, 7) is 0. The van der Waals surface area contributed by atoms with E-state index < -0.39 is 6.04 Å². The molecule has 3 aliphatic rings. The lowest BCUT2D eigenvalue weighted by molar-refractivity contribution is -0.142. The Morgan fingerprint density at radius 2 is 1.64 bits per heavy atom. The summed E-state index contributed by atoms with van der Waals surface area (Å²) >= 11 is 0. The number of amides is 3. The quantitative estimate of drug-likeness (QED) is 0.577. The fourth-order valence-electron chi connectivity index (χ4n) is 4.50. The van der Waals surface area contributed by atoms with Crippen molar-refractivity contribution in [2.75, 3.05) is 12.0 Å². The van der Waals surface area contributed by atoms with Gasteiger partial charge in [-0.1, -0.05) is 25.7 Å². The van der Waals surface area contributed by atoms with Crippen LogP contribution in [0.1, 0.15) is 57.8 Å². The second kappa shape index (κ2) is 7.94. The van der Waals surface area contributed by atoms with Gasteiger partial charge in [0.05, 0.1) is 19.2 Å². The molecule has 0 aromatic heterocycles. The Bertz CT molecular complexity index is 748. The lowest BCUT2D eigenvalue weighted by Gasteiger charge is -2.35. The molecular formula is C22H28N2O4. The monoisotopic (exact) mass is 384 g/mol. The molecule has 6 heteroatoms. The average Bonchev–Trinajstić information content (AvgIpc) is 3.52. The number of rotatable bonds is 5. The predicted molar refractivity (Wildman–Crippen MR) is 105 cm³/mol. The van der Waals surface area contributed by atoms with Crippen LogP contribution in [0.2, 0.25) is 0 Å². The van der Waals surface area contributed by atoms with Gasteiger partial charge < -0.3 is 9.64 Å². The van der Waals surface area contributed by atoms with Crippen LogP contribution >= 0.6 is 0 Å². The van der Waals surface area contributed by atoms with E-state index in [0.717, 1.165) is 38.5 Å². The molecule has 1 heterocycles. The van der Waals surface area contributed by atoms with Crippen LogP contribution in [0.4, 0.5) is 5.69 Å². The van der Waals surface area contributed by atoms with E-state index in [0.29, 0.717) is 11.4 Å². The van der Waals surface area contributed by atoms with E-state index in [1.807, 2.05) is 4.90 Å². The number of methoxy groups -OCH3 is 1. The van der Waals surface area contributed by atoms with E-state index in [1.54, 1.807) is 31.4 Å². The first kappa shape index (κ1) is 19.0. The molecule has 0 bridgehead atoms. The smallest absolute Gasteiger partial charge is 0.257 e. The van der Waals surface area contributed by atoms with Crippen molar-refractivity contribution < 1.29 is 19.1 Å². The maximum Gasteiger partial charge on any atom is 0.257 e. The Hall–Kier alpha value is -2.37. The van der Waals surface area contributed by atoms with Gasteiger partial charge in [0.15, 0.2) is 0 Å². The highest BCUT2D eigenvalue weighted by molar-refractivity contribution is 6.23. The van der Waals surface area contributed by atoms with E-state index in [4.69, 9.17) is 4.74 Å². The van der Waals surface area contributed by atoms with Crippen molar-refractivity contribution in [2.24, 2.45) is 5.92 Å². The lowest BCUT2D eigenvalue weighted by atomic mass is 10.0. The molecule has 0 N–H and O–H groups in total. The number of ether oxygens (including phenoxy) is 1. The first-order valence-corrected chi connectivity index (χ1v) is 10.4. The normalized spacial score (nSPS) is 23.6. The molecule has 28 heavy (non-hydrogen) atoms. The summed E-state index contributed by atoms with van der Waals surface area (Å²) in [5.41, 5.74) is 0.540. The molecule has 2 saturated carbocycles. The molecule has 1 atom stereocenters. The van der Waals surface area contributed by atoms with Crippen molar-refractivity contribution in [3.63, 3.8) is 0 Å². The number of carbonyl (C=O) groups is 3. The SMILES string of the molecule is COc1ccc(N2C(=O)CC(N(C(=O)C3CC3)C3CCCCCC3)C2=O)cc1. The Morgan fingerprint density at radius 3 is 2.21 bits per heavy atom. The number of benzene rings is 1. The molecule has 3 amide bonds. The number of anilines is 1. The standard InChI is InChI=1S/C22H28N2O4/c1-28-18-12-10-17(11-13-18)24-20(25)14-19(22(24)27)23(21(26)15-8-9-15)16-6-4-2-3-5-7-16/h10-13,15-16,19H,2-9,14H2,1H3. The fourth-order valence-corrected chi connectivity index (χ4v) is 4.50. The highest BCUT2D eigenvalue weighted by atomic mass is 16.5. The molecule has 6 nitrogen and oxygen atoms in total. The van der Waals surface area contributed by atoms with Crippen molar-refractivity contribution in [3.05, 3.63) is 24.3 Å². The molecular weight excluding hydrogens is 356 g/mol. The minimum atomic E-state index is -0.661. The van der Waals surface area contributed by atoms with Crippen LogP contribution in [0.25, 0.3) is 0 Å². The maximum absolute atomic E-state index is 13.3. The number of hydrogen-bond donors (Lipinski definition) is 0. The topological polar surface area (TPSA) is 66.9 Å². The Labute approximate surface area is 165 Å². The van der Waals surface area contributed by atoms with E-state index in [9.17, 15) is 14.4 Å². The molecule has 2 aliphatic carbocycles. The third-order valence-corrected chi connectivity index (χ3v) is 6.19. The van der Waals surface area contributed by atoms with Crippen LogP contribution in [-0.2, 0) is 14.4 Å². The van der Waals surface area contributed by atoms with Gasteiger partial charge in [0.25, 0.3) is 5.91 Å². The highest BCUT2D eigenvalue weighted by Crippen LogP contribution is 2.37. The zero-order chi connectivity index (χ0) is 19.7. The summed E-state index contributed by atoms with van der Waals surface area (Å²) in [4.78, 5) is 42.2. The number of hydrogen-bond acceptors (Lipinski definition) is 4. The third kappa shape index (κ3) is 3.64. The molecule has 1 unspecified atom stereocenters. The van der Waals surface area contributed by atoms with Gasteiger partial charge in [-0.2, -0.15) is 0 Å². The largest absolute Gasteiger partial charge is 0.497 e. The predicted octanol–water partition coefficient (Wildman–Crippen LogP) is 3.29. The number of imide groups is 1. The minimum Gasteiger partial charge on any atom is -0.497 e. The van der Waals surface area contributed by atoms with Gasteiger partial charge in [0, 0.05) is 12.0 Å². The molecule has 0 radical (unpaired) electrons. The van der Waals surface area contributed by atoms with Crippen LogP contribution in [0.5, 0.6) is 5.75 Å². The molecule has 150 valence electrons. The van der Waals surface area contributed by atoms with Gasteiger partial charge in [0.1, 0.15) is 11.8 Å². The first-order valence-electron chi connectivity index (χ1n) is 10.4. The van der Waals surface area contributed by atoms with Crippen molar-refractivity contribution in [1.29, 1.82) is 0 Å². The van der Waals surface area contributed by atoms with Crippen LogP contribution < -0.4 is 9.64 Å². The van der Waals surface area contributed by atoms with Crippen LogP contribution in [0.3, 0.4) is 0 Å². The molecule has 0 spiro atoms. The summed E-state index contributed by atoms with van der Waals surface area (Å²) in [5.74, 6) is 0.287. The average molecular weight is 384 g/mol. The second-order valence-electron chi connectivity index (χ2n) is 8.15. The van der Waals surface area contributed by atoms with Gasteiger partial charge in [-0.05, 0) is 49.9 Å². The van der Waals surface area contributed by atoms with Crippen molar-refractivity contribution in [3.8, 4) is 5.75 Å². The molecule has 1 aromatic rings. The van der Waals surface area contributed by atoms with Gasteiger partial charge in [-0.15, -0.1) is 0 Å². The van der Waals surface area contributed by atoms with Gasteiger partial charge >= 0.3 is 0 Å². The Kier molecular flexibility index (Phi) is 5.38. The highest BCUT2D eigenvalue weighted by Gasteiger charge is 2.48. The third-order valence-electron chi connectivity index (χ3n) is 6.19. The van der Waals surface area contributed by atoms with E-state index in [-0.39, 0.29) is 36.1 Å². The Balaban J connectivity index is 1.60. The molecule has 3 fully saturated rings. The summed E-state index contributed by atoms with van der Waals surface area (Å²) in [6.07, 6.45) is 8.26. The van der Waals surface area contributed by atoms with Crippen LogP contribution in [-0.4, -0.2) is 41.8 Å². The van der Waals surface area contributed by atoms with Crippen LogP contribution in [0, 0.1) is 5.92 Å². The summed E-state index contributed by atoms with van der Waals surface area (Å²) in [6, 6.07) is 6.33. The van der Waals surface area contributed by atoms with E-state index in [2.05, 4.69) is 0 Å². The van der Waals surface area contributed by atoms with Gasteiger partial charge in [0.2, 0.25) is 11.8 Å². The lowest BCUT2D eigenvalue weighted by Crippen LogP contribution is -2.51. The minimum absolute atomic E-state index is 0.0428. The molecule has 4 rings (SSSR count).